The van der Waals surface area contributed by atoms with Crippen LogP contribution in [0.25, 0.3) is 0 Å². The molecule has 0 fully saturated rings. The summed E-state index contributed by atoms with van der Waals surface area (Å²) in [4.78, 5) is 0. The number of nitrogens with zero attached hydrogens (tertiary/aromatic N) is 1. The van der Waals surface area contributed by atoms with Gasteiger partial charge in [-0.15, -0.1) is 0 Å². The molecular weight excluding hydrogens is 428 g/mol. The molecule has 0 radical (unpaired) electrons. The highest BCUT2D eigenvalue weighted by Gasteiger charge is 2.82. The molecule has 0 saturated heterocycles. The van der Waals surface area contributed by atoms with Crippen LogP contribution in [0.5, 0.6) is 0 Å². The third-order valence-corrected chi connectivity index (χ3v) is 6.58. The zero-order valence-electron chi connectivity index (χ0n) is 14.9. The Morgan fingerprint density at radius 2 is 1.41 bits per heavy atom. The average Bonchev–Trinajstić information content (AvgIpc) is 2.50. The minimum Gasteiger partial charge on any atom is -0.281 e. The monoisotopic (exact) mass is 451 g/mol. The van der Waals surface area contributed by atoms with Crippen LogP contribution < -0.4 is 0 Å². The molecule has 14 heteroatoms. The molecule has 1 N–H and O–H groups in total. The van der Waals surface area contributed by atoms with E-state index in [1.165, 1.54) is 13.8 Å². The third-order valence-electron chi connectivity index (χ3n) is 3.76. The minimum atomic E-state index is -7.02. The van der Waals surface area contributed by atoms with Gasteiger partial charge >= 0.3 is 26.5 Å². The maximum absolute atomic E-state index is 14.0. The molecule has 164 valence electrons. The highest BCUT2D eigenvalue weighted by Crippen LogP contribution is 2.51. The molecule has 0 aliphatic heterocycles. The van der Waals surface area contributed by atoms with Gasteiger partial charge < -0.3 is 0 Å². The molecule has 0 aliphatic rings. The second-order valence-corrected chi connectivity index (χ2v) is 9.64. The van der Waals surface area contributed by atoms with Crippen LogP contribution in [0.2, 0.25) is 0 Å². The molecule has 0 spiro atoms. The summed E-state index contributed by atoms with van der Waals surface area (Å²) in [6, 6.07) is 0. The number of hydrogen-bond acceptors (Lipinski definition) is 4. The molecule has 1 atom stereocenters. The van der Waals surface area contributed by atoms with E-state index < -0.39 is 55.6 Å². The summed E-state index contributed by atoms with van der Waals surface area (Å²) in [7, 11) is -13.4. The fraction of sp³-hybridized carbons (Fsp3) is 1.00. The quantitative estimate of drug-likeness (QED) is 0.362. The lowest BCUT2D eigenvalue weighted by molar-refractivity contribution is -0.246. The predicted octanol–water partition coefficient (Wildman–Crippen LogP) is 3.56. The van der Waals surface area contributed by atoms with Gasteiger partial charge in [0.1, 0.15) is 0 Å². The number of hydrogen-bond donors (Lipinski definition) is 1. The van der Waals surface area contributed by atoms with Gasteiger partial charge in [-0.25, -0.2) is 8.42 Å². The summed E-state index contributed by atoms with van der Waals surface area (Å²) in [6.07, 6.45) is 1.57. The van der Waals surface area contributed by atoms with Crippen molar-refractivity contribution in [3.05, 3.63) is 0 Å². The van der Waals surface area contributed by atoms with Gasteiger partial charge in [0, 0.05) is 13.1 Å². The van der Waals surface area contributed by atoms with Crippen molar-refractivity contribution < 1.29 is 47.7 Å². The molecule has 0 aliphatic carbocycles. The summed E-state index contributed by atoms with van der Waals surface area (Å²) in [5, 5.41) is -13.2. The molecule has 0 aromatic carbocycles. The maximum atomic E-state index is 14.0. The summed E-state index contributed by atoms with van der Waals surface area (Å²) in [5.74, 6) is -7.46. The molecule has 0 bridgehead atoms. The van der Waals surface area contributed by atoms with Crippen molar-refractivity contribution in [3.8, 4) is 0 Å². The van der Waals surface area contributed by atoms with Gasteiger partial charge in [0.15, 0.2) is 0 Å². The number of unbranched alkanes of at least 4 members (excludes halogenated alkanes) is 1. The Kier molecular flexibility index (Phi) is 8.63. The Hall–Kier alpha value is -0.600. The highest BCUT2D eigenvalue weighted by atomic mass is 32.2. The van der Waals surface area contributed by atoms with Crippen LogP contribution in [0.1, 0.15) is 46.5 Å². The molecule has 0 aromatic rings. The van der Waals surface area contributed by atoms with Crippen molar-refractivity contribution in [1.29, 1.82) is 0 Å². The first-order chi connectivity index (χ1) is 11.9. The number of alkyl halides is 6. The molecule has 0 aromatic heterocycles. The van der Waals surface area contributed by atoms with Gasteiger partial charge in [0.2, 0.25) is 0 Å². The van der Waals surface area contributed by atoms with E-state index in [9.17, 15) is 43.2 Å². The standard InChI is InChI=1S/C13H23F6NO5S2/c1-4-6-7-10(3)9-20(8-5-2)26(21,22)12(16,17)11(14,15)13(18,19)27(23,24)25/h10H,4-9H2,1-3H3,(H,23,24,25). The summed E-state index contributed by atoms with van der Waals surface area (Å²) in [6.45, 7) is 3.32. The molecule has 0 heterocycles. The Labute approximate surface area is 154 Å². The zero-order valence-corrected chi connectivity index (χ0v) is 16.6. The Balaban J connectivity index is 6.09. The molecule has 6 nitrogen and oxygen atoms in total. The van der Waals surface area contributed by atoms with E-state index in [-0.39, 0.29) is 10.7 Å². The van der Waals surface area contributed by atoms with E-state index >= 15 is 0 Å². The Bertz CT molecular complexity index is 696. The second-order valence-electron chi connectivity index (χ2n) is 6.19. The van der Waals surface area contributed by atoms with Gasteiger partial charge in [-0.1, -0.05) is 33.6 Å². The predicted molar refractivity (Wildman–Crippen MR) is 85.9 cm³/mol. The van der Waals surface area contributed by atoms with Crippen LogP contribution in [-0.4, -0.2) is 55.2 Å². The van der Waals surface area contributed by atoms with E-state index in [2.05, 4.69) is 0 Å². The van der Waals surface area contributed by atoms with Crippen LogP contribution in [-0.2, 0) is 20.1 Å². The van der Waals surface area contributed by atoms with E-state index in [1.807, 2.05) is 0 Å². The third kappa shape index (κ3) is 5.07. The summed E-state index contributed by atoms with van der Waals surface area (Å²) in [5.41, 5.74) is 0. The first kappa shape index (κ1) is 26.4. The highest BCUT2D eigenvalue weighted by molar-refractivity contribution is 7.90. The molecule has 1 unspecified atom stereocenters. The lowest BCUT2D eigenvalue weighted by atomic mass is 10.0. The normalized spacial score (nSPS) is 16.0. The van der Waals surface area contributed by atoms with Gasteiger partial charge in [-0.2, -0.15) is 39.1 Å². The van der Waals surface area contributed by atoms with Crippen LogP contribution in [0.3, 0.4) is 0 Å². The lowest BCUT2D eigenvalue weighted by Crippen LogP contribution is -2.63. The van der Waals surface area contributed by atoms with Gasteiger partial charge in [-0.3, -0.25) is 4.55 Å². The molecule has 0 rings (SSSR count). The van der Waals surface area contributed by atoms with E-state index in [4.69, 9.17) is 4.55 Å². The van der Waals surface area contributed by atoms with E-state index in [0.29, 0.717) is 19.3 Å². The number of halogens is 6. The van der Waals surface area contributed by atoms with Crippen LogP contribution >= 0.6 is 0 Å². The van der Waals surface area contributed by atoms with Gasteiger partial charge in [0.05, 0.1) is 0 Å². The summed E-state index contributed by atoms with van der Waals surface area (Å²) >= 11 is 0. The Morgan fingerprint density at radius 3 is 1.78 bits per heavy atom. The Morgan fingerprint density at radius 1 is 0.926 bits per heavy atom. The van der Waals surface area contributed by atoms with Crippen LogP contribution in [0.4, 0.5) is 26.3 Å². The van der Waals surface area contributed by atoms with Crippen molar-refractivity contribution in [1.82, 2.24) is 4.31 Å². The SMILES string of the molecule is CCCCC(C)CN(CCC)S(=O)(=O)C(F)(F)C(F)(F)C(F)(F)S(=O)(=O)O. The molecule has 0 amide bonds. The smallest absolute Gasteiger partial charge is 0.281 e. The fourth-order valence-electron chi connectivity index (χ4n) is 2.21. The summed E-state index contributed by atoms with van der Waals surface area (Å²) < 4.78 is 135. The van der Waals surface area contributed by atoms with Crippen LogP contribution in [0.15, 0.2) is 0 Å². The molecular formula is C13H23F6NO5S2. The minimum absolute atomic E-state index is 0.0543. The van der Waals surface area contributed by atoms with Gasteiger partial charge in [0.25, 0.3) is 10.0 Å². The maximum Gasteiger partial charge on any atom is 0.439 e. The lowest BCUT2D eigenvalue weighted by Gasteiger charge is -2.34. The van der Waals surface area contributed by atoms with Crippen molar-refractivity contribution in [2.75, 3.05) is 13.1 Å². The number of sulfonamides is 1. The zero-order chi connectivity index (χ0) is 21.9. The largest absolute Gasteiger partial charge is 0.439 e. The molecule has 27 heavy (non-hydrogen) atoms. The first-order valence-corrected chi connectivity index (χ1v) is 10.9. The van der Waals surface area contributed by atoms with Crippen molar-refractivity contribution >= 4 is 20.1 Å². The van der Waals surface area contributed by atoms with Crippen LogP contribution in [0, 0.1) is 5.92 Å². The topological polar surface area (TPSA) is 91.8 Å². The van der Waals surface area contributed by atoms with E-state index in [1.54, 1.807) is 6.92 Å². The number of rotatable bonds is 12. The van der Waals surface area contributed by atoms with Crippen molar-refractivity contribution in [2.24, 2.45) is 5.92 Å². The average molecular weight is 451 g/mol. The van der Waals surface area contributed by atoms with Crippen molar-refractivity contribution in [2.45, 2.75) is 62.9 Å². The molecule has 0 saturated carbocycles. The van der Waals surface area contributed by atoms with E-state index in [0.717, 1.165) is 0 Å². The van der Waals surface area contributed by atoms with Gasteiger partial charge in [-0.05, 0) is 18.8 Å². The first-order valence-electron chi connectivity index (χ1n) is 8.01. The fourth-order valence-corrected chi connectivity index (χ4v) is 4.37. The second kappa shape index (κ2) is 8.82. The van der Waals surface area contributed by atoms with Crippen molar-refractivity contribution in [3.63, 3.8) is 0 Å².